The van der Waals surface area contributed by atoms with Crippen LogP contribution < -0.4 is 11.1 Å². The number of aryl methyl sites for hydroxylation is 1. The number of primary amides is 1. The van der Waals surface area contributed by atoms with Gasteiger partial charge in [0.15, 0.2) is 0 Å². The summed E-state index contributed by atoms with van der Waals surface area (Å²) in [6.45, 7) is 5.08. The van der Waals surface area contributed by atoms with Crippen molar-refractivity contribution in [1.82, 2.24) is 0 Å². The summed E-state index contributed by atoms with van der Waals surface area (Å²) in [7, 11) is 0. The second-order valence-electron chi connectivity index (χ2n) is 5.01. The lowest BCUT2D eigenvalue weighted by atomic mass is 10.1. The summed E-state index contributed by atoms with van der Waals surface area (Å²) < 4.78 is 0. The van der Waals surface area contributed by atoms with Gasteiger partial charge in [0.1, 0.15) is 5.00 Å². The summed E-state index contributed by atoms with van der Waals surface area (Å²) >= 11 is 1.24. The van der Waals surface area contributed by atoms with Gasteiger partial charge in [-0.15, -0.1) is 11.3 Å². The van der Waals surface area contributed by atoms with E-state index in [9.17, 15) is 19.7 Å². The van der Waals surface area contributed by atoms with Crippen molar-refractivity contribution in [1.29, 1.82) is 0 Å². The molecule has 1 heterocycles. The van der Waals surface area contributed by atoms with E-state index in [0.29, 0.717) is 10.6 Å². The molecule has 120 valence electrons. The molecule has 2 amide bonds. The van der Waals surface area contributed by atoms with Crippen LogP contribution in [0, 0.1) is 30.9 Å². The highest BCUT2D eigenvalue weighted by Gasteiger charge is 2.22. The predicted molar refractivity (Wildman–Crippen MR) is 88.1 cm³/mol. The highest BCUT2D eigenvalue weighted by atomic mass is 32.1. The number of rotatable bonds is 4. The van der Waals surface area contributed by atoms with Gasteiger partial charge in [0.25, 0.3) is 17.5 Å². The number of nitro benzene ring substituents is 1. The third kappa shape index (κ3) is 3.07. The number of benzene rings is 1. The molecule has 0 fully saturated rings. The maximum absolute atomic E-state index is 12.4. The molecule has 1 aromatic carbocycles. The largest absolute Gasteiger partial charge is 0.365 e. The first-order valence-corrected chi connectivity index (χ1v) is 7.50. The van der Waals surface area contributed by atoms with Crippen LogP contribution in [0.4, 0.5) is 10.7 Å². The second-order valence-corrected chi connectivity index (χ2v) is 6.24. The van der Waals surface area contributed by atoms with Crippen LogP contribution in [-0.4, -0.2) is 16.7 Å². The van der Waals surface area contributed by atoms with Gasteiger partial charge < -0.3 is 11.1 Å². The van der Waals surface area contributed by atoms with Gasteiger partial charge in [-0.05, 0) is 32.4 Å². The number of nitrogens with zero attached hydrogens (tertiary/aromatic N) is 1. The molecule has 0 unspecified atom stereocenters. The van der Waals surface area contributed by atoms with E-state index in [1.807, 2.05) is 6.92 Å². The zero-order valence-electron chi connectivity index (χ0n) is 12.8. The maximum atomic E-state index is 12.4. The molecule has 0 radical (unpaired) electrons. The molecule has 2 aromatic rings. The van der Waals surface area contributed by atoms with Crippen molar-refractivity contribution in [2.75, 3.05) is 5.32 Å². The Labute approximate surface area is 136 Å². The molecular weight excluding hydrogens is 318 g/mol. The predicted octanol–water partition coefficient (Wildman–Crippen LogP) is 2.93. The number of anilines is 1. The molecule has 3 N–H and O–H groups in total. The van der Waals surface area contributed by atoms with Gasteiger partial charge in [-0.25, -0.2) is 0 Å². The number of carbonyl (C=O) groups excluding carboxylic acids is 2. The van der Waals surface area contributed by atoms with Crippen LogP contribution in [0.3, 0.4) is 0 Å². The Morgan fingerprint density at radius 2 is 1.87 bits per heavy atom. The lowest BCUT2D eigenvalue weighted by Crippen LogP contribution is -2.18. The van der Waals surface area contributed by atoms with Gasteiger partial charge in [-0.1, -0.05) is 6.07 Å². The van der Waals surface area contributed by atoms with Gasteiger partial charge in [0, 0.05) is 22.1 Å². The zero-order valence-corrected chi connectivity index (χ0v) is 13.6. The topological polar surface area (TPSA) is 115 Å². The molecule has 0 aliphatic heterocycles. The van der Waals surface area contributed by atoms with Crippen molar-refractivity contribution in [3.8, 4) is 0 Å². The minimum absolute atomic E-state index is 0.133. The van der Waals surface area contributed by atoms with E-state index in [1.165, 1.54) is 36.5 Å². The number of amides is 2. The first-order chi connectivity index (χ1) is 10.7. The van der Waals surface area contributed by atoms with Gasteiger partial charge in [-0.2, -0.15) is 0 Å². The van der Waals surface area contributed by atoms with Crippen LogP contribution in [0.2, 0.25) is 0 Å². The zero-order chi connectivity index (χ0) is 17.3. The fourth-order valence-corrected chi connectivity index (χ4v) is 3.31. The van der Waals surface area contributed by atoms with E-state index in [-0.39, 0.29) is 22.4 Å². The summed E-state index contributed by atoms with van der Waals surface area (Å²) in [5.74, 6) is -1.15. The average Bonchev–Trinajstić information content (AvgIpc) is 2.73. The lowest BCUT2D eigenvalue weighted by molar-refractivity contribution is -0.385. The molecular formula is C15H15N3O4S. The van der Waals surface area contributed by atoms with E-state index in [0.717, 1.165) is 4.88 Å². The minimum Gasteiger partial charge on any atom is -0.365 e. The molecule has 23 heavy (non-hydrogen) atoms. The van der Waals surface area contributed by atoms with Crippen molar-refractivity contribution in [3.63, 3.8) is 0 Å². The molecule has 0 aliphatic rings. The Kier molecular flexibility index (Phi) is 4.46. The smallest absolute Gasteiger partial charge is 0.273 e. The van der Waals surface area contributed by atoms with Crippen molar-refractivity contribution in [2.24, 2.45) is 5.73 Å². The first kappa shape index (κ1) is 16.6. The summed E-state index contributed by atoms with van der Waals surface area (Å²) in [4.78, 5) is 35.3. The lowest BCUT2D eigenvalue weighted by Gasteiger charge is -2.08. The van der Waals surface area contributed by atoms with E-state index in [2.05, 4.69) is 5.32 Å². The second kappa shape index (κ2) is 6.17. The van der Waals surface area contributed by atoms with Gasteiger partial charge in [0.05, 0.1) is 10.5 Å². The third-order valence-electron chi connectivity index (χ3n) is 3.61. The summed E-state index contributed by atoms with van der Waals surface area (Å²) in [5.41, 5.74) is 6.66. The number of nitrogens with two attached hydrogens (primary N) is 1. The van der Waals surface area contributed by atoms with E-state index in [4.69, 9.17) is 5.73 Å². The molecule has 0 saturated heterocycles. The number of nitro groups is 1. The Hall–Kier alpha value is -2.74. The monoisotopic (exact) mass is 333 g/mol. The Morgan fingerprint density at radius 1 is 1.22 bits per heavy atom. The molecule has 0 bridgehead atoms. The van der Waals surface area contributed by atoms with Crippen molar-refractivity contribution >= 4 is 33.8 Å². The van der Waals surface area contributed by atoms with E-state index >= 15 is 0 Å². The highest BCUT2D eigenvalue weighted by molar-refractivity contribution is 7.16. The fraction of sp³-hybridized carbons (Fsp3) is 0.200. The molecule has 0 saturated carbocycles. The van der Waals surface area contributed by atoms with Crippen LogP contribution in [0.1, 0.15) is 36.7 Å². The molecule has 0 aliphatic carbocycles. The average molecular weight is 333 g/mol. The van der Waals surface area contributed by atoms with Gasteiger partial charge in [-0.3, -0.25) is 19.7 Å². The van der Waals surface area contributed by atoms with Crippen LogP contribution in [-0.2, 0) is 0 Å². The van der Waals surface area contributed by atoms with Crippen molar-refractivity contribution in [2.45, 2.75) is 20.8 Å². The van der Waals surface area contributed by atoms with Crippen LogP contribution >= 0.6 is 11.3 Å². The molecule has 2 rings (SSSR count). The molecule has 0 spiro atoms. The molecule has 8 heteroatoms. The summed E-state index contributed by atoms with van der Waals surface area (Å²) in [5, 5.41) is 13.9. The van der Waals surface area contributed by atoms with Gasteiger partial charge in [0.2, 0.25) is 0 Å². The maximum Gasteiger partial charge on any atom is 0.273 e. The van der Waals surface area contributed by atoms with Crippen molar-refractivity contribution < 1.29 is 14.5 Å². The molecule has 1 aromatic heterocycles. The van der Waals surface area contributed by atoms with Crippen LogP contribution in [0.25, 0.3) is 0 Å². The minimum atomic E-state index is -0.627. The number of hydrogen-bond acceptors (Lipinski definition) is 5. The van der Waals surface area contributed by atoms with E-state index < -0.39 is 16.7 Å². The van der Waals surface area contributed by atoms with Gasteiger partial charge >= 0.3 is 0 Å². The molecule has 0 atom stereocenters. The third-order valence-corrected chi connectivity index (χ3v) is 4.73. The number of carbonyl (C=O) groups is 2. The number of thiophene rings is 1. The fourth-order valence-electron chi connectivity index (χ4n) is 2.25. The molecule has 7 nitrogen and oxygen atoms in total. The Bertz CT molecular complexity index is 826. The number of hydrogen-bond donors (Lipinski definition) is 2. The summed E-state index contributed by atoms with van der Waals surface area (Å²) in [6, 6.07) is 4.27. The number of nitrogens with one attached hydrogen (secondary N) is 1. The normalized spacial score (nSPS) is 10.4. The Balaban J connectivity index is 2.42. The Morgan fingerprint density at radius 3 is 2.43 bits per heavy atom. The first-order valence-electron chi connectivity index (χ1n) is 6.69. The van der Waals surface area contributed by atoms with Crippen molar-refractivity contribution in [3.05, 3.63) is 55.4 Å². The standard InChI is InChI=1S/C15H15N3O4S/c1-7-9(3)23-15(12(7)13(16)19)17-14(20)10-5-4-6-11(8(10)2)18(21)22/h4-6H,1-3H3,(H2,16,19)(H,17,20). The highest BCUT2D eigenvalue weighted by Crippen LogP contribution is 2.32. The van der Waals surface area contributed by atoms with Crippen LogP contribution in [0.15, 0.2) is 18.2 Å². The van der Waals surface area contributed by atoms with E-state index in [1.54, 1.807) is 6.92 Å². The SMILES string of the molecule is Cc1sc(NC(=O)c2cccc([N+](=O)[O-])c2C)c(C(N)=O)c1C. The summed E-state index contributed by atoms with van der Waals surface area (Å²) in [6.07, 6.45) is 0. The quantitative estimate of drug-likeness (QED) is 0.661. The van der Waals surface area contributed by atoms with Crippen LogP contribution in [0.5, 0.6) is 0 Å².